The van der Waals surface area contributed by atoms with Gasteiger partial charge in [0.15, 0.2) is 17.5 Å². The van der Waals surface area contributed by atoms with E-state index in [1.165, 1.54) is 0 Å². The predicted octanol–water partition coefficient (Wildman–Crippen LogP) is 3.53. The first-order chi connectivity index (χ1) is 11.6. The highest BCUT2D eigenvalue weighted by Gasteiger charge is 2.20. The zero-order valence-electron chi connectivity index (χ0n) is 13.7. The molecule has 3 nitrogen and oxygen atoms in total. The normalized spacial score (nSPS) is 16.9. The van der Waals surface area contributed by atoms with Crippen LogP contribution < -0.4 is 5.32 Å². The first kappa shape index (κ1) is 19.7. The fourth-order valence-corrected chi connectivity index (χ4v) is 3.13. The van der Waals surface area contributed by atoms with E-state index in [1.54, 1.807) is 12.4 Å². The minimum atomic E-state index is -1.42. The molecule has 1 aromatic heterocycles. The summed E-state index contributed by atoms with van der Waals surface area (Å²) in [6, 6.07) is 5.98. The number of nitrogens with one attached hydrogen (secondary N) is 1. The van der Waals surface area contributed by atoms with Crippen molar-refractivity contribution < 1.29 is 13.2 Å². The Hall–Kier alpha value is -1.63. The van der Waals surface area contributed by atoms with Crippen LogP contribution in [0, 0.1) is 23.4 Å². The molecule has 136 valence electrons. The van der Waals surface area contributed by atoms with E-state index in [-0.39, 0.29) is 12.4 Å². The van der Waals surface area contributed by atoms with Gasteiger partial charge in [-0.3, -0.25) is 9.88 Å². The van der Waals surface area contributed by atoms with Crippen LogP contribution in [0.4, 0.5) is 13.2 Å². The SMILES string of the molecule is Cl.Fc1cc(CN(Cc2cccnc2)CC2CCNC2)cc(F)c1F. The third-order valence-electron chi connectivity index (χ3n) is 4.26. The zero-order chi connectivity index (χ0) is 16.9. The van der Waals surface area contributed by atoms with Crippen LogP contribution in [0.25, 0.3) is 0 Å². The fourth-order valence-electron chi connectivity index (χ4n) is 3.13. The van der Waals surface area contributed by atoms with Crippen molar-refractivity contribution in [3.8, 4) is 0 Å². The lowest BCUT2D eigenvalue weighted by Gasteiger charge is -2.25. The minimum Gasteiger partial charge on any atom is -0.316 e. The van der Waals surface area contributed by atoms with E-state index in [0.29, 0.717) is 24.6 Å². The van der Waals surface area contributed by atoms with E-state index < -0.39 is 17.5 Å². The maximum absolute atomic E-state index is 13.5. The molecule has 0 aliphatic carbocycles. The van der Waals surface area contributed by atoms with E-state index >= 15 is 0 Å². The molecule has 25 heavy (non-hydrogen) atoms. The van der Waals surface area contributed by atoms with Gasteiger partial charge in [-0.15, -0.1) is 12.4 Å². The van der Waals surface area contributed by atoms with E-state index in [0.717, 1.165) is 43.8 Å². The molecule has 1 aliphatic heterocycles. The van der Waals surface area contributed by atoms with Gasteiger partial charge < -0.3 is 5.32 Å². The highest BCUT2D eigenvalue weighted by atomic mass is 35.5. The number of pyridine rings is 1. The molecular weight excluding hydrogens is 351 g/mol. The molecule has 1 unspecified atom stereocenters. The maximum Gasteiger partial charge on any atom is 0.194 e. The molecule has 0 bridgehead atoms. The van der Waals surface area contributed by atoms with E-state index in [4.69, 9.17) is 0 Å². The zero-order valence-corrected chi connectivity index (χ0v) is 14.5. The lowest BCUT2D eigenvalue weighted by Crippen LogP contribution is -2.30. The summed E-state index contributed by atoms with van der Waals surface area (Å²) in [6.45, 7) is 3.73. The average Bonchev–Trinajstić information content (AvgIpc) is 3.06. The second kappa shape index (κ2) is 9.17. The van der Waals surface area contributed by atoms with Gasteiger partial charge in [-0.05, 0) is 54.8 Å². The summed E-state index contributed by atoms with van der Waals surface area (Å²) in [4.78, 5) is 6.23. The largest absolute Gasteiger partial charge is 0.316 e. The Bertz CT molecular complexity index is 656. The summed E-state index contributed by atoms with van der Waals surface area (Å²) in [5, 5.41) is 3.32. The summed E-state index contributed by atoms with van der Waals surface area (Å²) in [5.74, 6) is -3.21. The van der Waals surface area contributed by atoms with Gasteiger partial charge in [-0.1, -0.05) is 6.07 Å². The molecule has 2 aromatic rings. The second-order valence-corrected chi connectivity index (χ2v) is 6.26. The predicted molar refractivity (Wildman–Crippen MR) is 92.9 cm³/mol. The summed E-state index contributed by atoms with van der Waals surface area (Å²) in [5.41, 5.74) is 1.47. The average molecular weight is 372 g/mol. The molecule has 1 aliphatic rings. The van der Waals surface area contributed by atoms with Crippen molar-refractivity contribution in [1.82, 2.24) is 15.2 Å². The highest BCUT2D eigenvalue weighted by molar-refractivity contribution is 5.85. The van der Waals surface area contributed by atoms with Gasteiger partial charge in [0.2, 0.25) is 0 Å². The monoisotopic (exact) mass is 371 g/mol. The fraction of sp³-hybridized carbons (Fsp3) is 0.389. The number of nitrogens with zero attached hydrogens (tertiary/aromatic N) is 2. The van der Waals surface area contributed by atoms with Crippen molar-refractivity contribution in [2.45, 2.75) is 19.5 Å². The highest BCUT2D eigenvalue weighted by Crippen LogP contribution is 2.18. The molecule has 1 saturated heterocycles. The van der Waals surface area contributed by atoms with E-state index in [1.807, 2.05) is 12.1 Å². The van der Waals surface area contributed by atoms with Crippen LogP contribution in [0.3, 0.4) is 0 Å². The number of halogens is 4. The quantitative estimate of drug-likeness (QED) is 0.787. The van der Waals surface area contributed by atoms with Crippen LogP contribution in [0.5, 0.6) is 0 Å². The third kappa shape index (κ3) is 5.42. The van der Waals surface area contributed by atoms with Gasteiger partial charge in [0.1, 0.15) is 0 Å². The maximum atomic E-state index is 13.5. The molecule has 0 radical (unpaired) electrons. The van der Waals surface area contributed by atoms with E-state index in [9.17, 15) is 13.2 Å². The smallest absolute Gasteiger partial charge is 0.194 e. The molecule has 2 heterocycles. The van der Waals surface area contributed by atoms with Crippen LogP contribution >= 0.6 is 12.4 Å². The van der Waals surface area contributed by atoms with Gasteiger partial charge in [0.25, 0.3) is 0 Å². The molecule has 1 fully saturated rings. The molecule has 3 rings (SSSR count). The molecular formula is C18H21ClF3N3. The third-order valence-corrected chi connectivity index (χ3v) is 4.26. The first-order valence-electron chi connectivity index (χ1n) is 8.07. The van der Waals surface area contributed by atoms with Crippen LogP contribution in [0.1, 0.15) is 17.5 Å². The van der Waals surface area contributed by atoms with Crippen molar-refractivity contribution in [2.24, 2.45) is 5.92 Å². The first-order valence-corrected chi connectivity index (χ1v) is 8.07. The molecule has 1 N–H and O–H groups in total. The number of benzene rings is 1. The van der Waals surface area contributed by atoms with Gasteiger partial charge in [0.05, 0.1) is 0 Å². The number of aromatic nitrogens is 1. The molecule has 1 aromatic carbocycles. The Morgan fingerprint density at radius 3 is 2.44 bits per heavy atom. The summed E-state index contributed by atoms with van der Waals surface area (Å²) in [7, 11) is 0. The van der Waals surface area contributed by atoms with Gasteiger partial charge >= 0.3 is 0 Å². The number of rotatable bonds is 6. The van der Waals surface area contributed by atoms with Crippen molar-refractivity contribution in [3.63, 3.8) is 0 Å². The lowest BCUT2D eigenvalue weighted by atomic mass is 10.1. The Balaban J connectivity index is 0.00000225. The Labute approximate surface area is 151 Å². The minimum absolute atomic E-state index is 0. The van der Waals surface area contributed by atoms with Crippen molar-refractivity contribution in [2.75, 3.05) is 19.6 Å². The Morgan fingerprint density at radius 1 is 1.12 bits per heavy atom. The van der Waals surface area contributed by atoms with Gasteiger partial charge in [-0.2, -0.15) is 0 Å². The lowest BCUT2D eigenvalue weighted by molar-refractivity contribution is 0.219. The van der Waals surface area contributed by atoms with Crippen molar-refractivity contribution >= 4 is 12.4 Å². The van der Waals surface area contributed by atoms with Crippen LogP contribution in [-0.4, -0.2) is 29.5 Å². The van der Waals surface area contributed by atoms with E-state index in [2.05, 4.69) is 15.2 Å². The molecule has 1 atom stereocenters. The van der Waals surface area contributed by atoms with Crippen molar-refractivity contribution in [1.29, 1.82) is 0 Å². The Morgan fingerprint density at radius 2 is 1.84 bits per heavy atom. The number of hydrogen-bond acceptors (Lipinski definition) is 3. The molecule has 7 heteroatoms. The topological polar surface area (TPSA) is 28.2 Å². The van der Waals surface area contributed by atoms with Crippen LogP contribution in [0.2, 0.25) is 0 Å². The standard InChI is InChI=1S/C18H20F3N3.ClH/c19-16-6-15(7-17(20)18(16)21)12-24(11-14-3-5-23-9-14)10-13-2-1-4-22-8-13;/h1-2,4,6-8,14,23H,3,5,9-12H2;1H. The number of hydrogen-bond donors (Lipinski definition) is 1. The Kier molecular flexibility index (Phi) is 7.23. The van der Waals surface area contributed by atoms with Crippen molar-refractivity contribution in [3.05, 3.63) is 65.2 Å². The molecule has 0 amide bonds. The summed E-state index contributed by atoms with van der Waals surface area (Å²) >= 11 is 0. The summed E-state index contributed by atoms with van der Waals surface area (Å²) < 4.78 is 40.1. The van der Waals surface area contributed by atoms with Crippen LogP contribution in [-0.2, 0) is 13.1 Å². The second-order valence-electron chi connectivity index (χ2n) is 6.26. The molecule has 0 saturated carbocycles. The van der Waals surface area contributed by atoms with Gasteiger partial charge in [-0.25, -0.2) is 13.2 Å². The molecule has 0 spiro atoms. The van der Waals surface area contributed by atoms with Crippen LogP contribution in [0.15, 0.2) is 36.7 Å². The summed E-state index contributed by atoms with van der Waals surface area (Å²) in [6.07, 6.45) is 4.57. The van der Waals surface area contributed by atoms with Gasteiger partial charge in [0, 0.05) is 32.0 Å².